The zero-order chi connectivity index (χ0) is 14.4. The van der Waals surface area contributed by atoms with Gasteiger partial charge in [-0.3, -0.25) is 4.79 Å². The van der Waals surface area contributed by atoms with Crippen molar-refractivity contribution in [1.82, 2.24) is 0 Å². The van der Waals surface area contributed by atoms with Crippen LogP contribution in [0.3, 0.4) is 0 Å². The van der Waals surface area contributed by atoms with Gasteiger partial charge in [0.2, 0.25) is 0 Å². The predicted molar refractivity (Wildman–Crippen MR) is 73.9 cm³/mol. The van der Waals surface area contributed by atoms with E-state index in [-0.39, 0.29) is 6.61 Å². The predicted octanol–water partition coefficient (Wildman–Crippen LogP) is 2.96. The number of aldehydes is 1. The Kier molecular flexibility index (Phi) is 4.35. The van der Waals surface area contributed by atoms with Gasteiger partial charge in [0.1, 0.15) is 12.9 Å². The van der Waals surface area contributed by atoms with E-state index in [2.05, 4.69) is 6.07 Å². The topological polar surface area (TPSA) is 59.3 Å². The minimum Gasteiger partial charge on any atom is -0.493 e. The molecule has 0 spiro atoms. The zero-order valence-electron chi connectivity index (χ0n) is 11.0. The third-order valence-corrected chi connectivity index (χ3v) is 2.84. The minimum absolute atomic E-state index is 0.264. The second kappa shape index (κ2) is 6.39. The number of nitrogens with zero attached hydrogens (tertiary/aromatic N) is 1. The van der Waals surface area contributed by atoms with Gasteiger partial charge in [-0.2, -0.15) is 5.26 Å². The van der Waals surface area contributed by atoms with Crippen molar-refractivity contribution in [3.63, 3.8) is 0 Å². The lowest BCUT2D eigenvalue weighted by Gasteiger charge is -2.11. The van der Waals surface area contributed by atoms with Gasteiger partial charge < -0.3 is 9.47 Å². The molecule has 0 radical (unpaired) electrons. The molecule has 0 fully saturated rings. The first-order valence-corrected chi connectivity index (χ1v) is 6.02. The molecule has 100 valence electrons. The molecule has 0 aromatic heterocycles. The van der Waals surface area contributed by atoms with Gasteiger partial charge in [0, 0.05) is 11.1 Å². The Bertz CT molecular complexity index is 659. The van der Waals surface area contributed by atoms with Crippen molar-refractivity contribution in [3.05, 3.63) is 59.2 Å². The molecule has 0 saturated heterocycles. The Morgan fingerprint density at radius 2 is 2.00 bits per heavy atom. The molecule has 0 aliphatic carbocycles. The highest BCUT2D eigenvalue weighted by atomic mass is 16.5. The van der Waals surface area contributed by atoms with Crippen molar-refractivity contribution in [2.24, 2.45) is 0 Å². The van der Waals surface area contributed by atoms with Crippen LogP contribution in [0.1, 0.15) is 21.5 Å². The van der Waals surface area contributed by atoms with Crippen LogP contribution in [0.15, 0.2) is 42.5 Å². The van der Waals surface area contributed by atoms with Crippen LogP contribution in [0.5, 0.6) is 11.5 Å². The summed E-state index contributed by atoms with van der Waals surface area (Å²) in [6.07, 6.45) is 0.747. The number of ether oxygens (including phenoxy) is 2. The molecular formula is C16H13NO3. The maximum absolute atomic E-state index is 10.7. The molecule has 2 aromatic carbocycles. The first-order chi connectivity index (χ1) is 9.78. The summed E-state index contributed by atoms with van der Waals surface area (Å²) in [4.78, 5) is 10.7. The lowest BCUT2D eigenvalue weighted by Crippen LogP contribution is -2.00. The highest BCUT2D eigenvalue weighted by Gasteiger charge is 2.07. The molecule has 4 heteroatoms. The van der Waals surface area contributed by atoms with Crippen LogP contribution in [0, 0.1) is 11.3 Å². The molecule has 0 aliphatic heterocycles. The van der Waals surface area contributed by atoms with Crippen molar-refractivity contribution in [3.8, 4) is 17.6 Å². The van der Waals surface area contributed by atoms with E-state index in [0.717, 1.165) is 11.8 Å². The molecule has 20 heavy (non-hydrogen) atoms. The first kappa shape index (κ1) is 13.6. The molecule has 4 nitrogen and oxygen atoms in total. The number of rotatable bonds is 5. The molecule has 0 heterocycles. The number of nitriles is 1. The molecular weight excluding hydrogens is 254 g/mol. The van der Waals surface area contributed by atoms with Gasteiger partial charge >= 0.3 is 0 Å². The lowest BCUT2D eigenvalue weighted by atomic mass is 10.1. The Balaban J connectivity index is 2.19. The smallest absolute Gasteiger partial charge is 0.161 e. The van der Waals surface area contributed by atoms with Crippen LogP contribution in [0.2, 0.25) is 0 Å². The van der Waals surface area contributed by atoms with Crippen LogP contribution in [0.4, 0.5) is 0 Å². The van der Waals surface area contributed by atoms with E-state index in [9.17, 15) is 4.79 Å². The van der Waals surface area contributed by atoms with Crippen molar-refractivity contribution >= 4 is 6.29 Å². The quantitative estimate of drug-likeness (QED) is 0.781. The fraction of sp³-hybridized carbons (Fsp3) is 0.125. The molecule has 0 saturated carbocycles. The fourth-order valence-electron chi connectivity index (χ4n) is 1.79. The molecule has 0 unspecified atom stereocenters. The van der Waals surface area contributed by atoms with Gasteiger partial charge in [-0.1, -0.05) is 18.2 Å². The monoisotopic (exact) mass is 267 g/mol. The summed E-state index contributed by atoms with van der Waals surface area (Å²) in [5.41, 5.74) is 1.90. The van der Waals surface area contributed by atoms with Gasteiger partial charge in [-0.25, -0.2) is 0 Å². The van der Waals surface area contributed by atoms with Gasteiger partial charge in [0.25, 0.3) is 0 Å². The Labute approximate surface area is 117 Å². The highest BCUT2D eigenvalue weighted by Crippen LogP contribution is 2.28. The Morgan fingerprint density at radius 3 is 2.70 bits per heavy atom. The van der Waals surface area contributed by atoms with Gasteiger partial charge in [-0.05, 0) is 24.3 Å². The highest BCUT2D eigenvalue weighted by molar-refractivity contribution is 5.76. The summed E-state index contributed by atoms with van der Waals surface area (Å²) in [5, 5.41) is 9.02. The van der Waals surface area contributed by atoms with Gasteiger partial charge in [0.05, 0.1) is 18.7 Å². The first-order valence-electron chi connectivity index (χ1n) is 6.02. The van der Waals surface area contributed by atoms with E-state index >= 15 is 0 Å². The van der Waals surface area contributed by atoms with Crippen molar-refractivity contribution in [1.29, 1.82) is 5.26 Å². The van der Waals surface area contributed by atoms with Crippen molar-refractivity contribution < 1.29 is 14.3 Å². The van der Waals surface area contributed by atoms with E-state index in [0.29, 0.717) is 22.6 Å². The van der Waals surface area contributed by atoms with Crippen LogP contribution >= 0.6 is 0 Å². The van der Waals surface area contributed by atoms with Gasteiger partial charge in [-0.15, -0.1) is 0 Å². The number of hydrogen-bond acceptors (Lipinski definition) is 4. The summed E-state index contributed by atoms with van der Waals surface area (Å²) in [6.45, 7) is 0.264. The van der Waals surface area contributed by atoms with E-state index in [1.54, 1.807) is 24.3 Å². The number of benzene rings is 2. The standard InChI is InChI=1S/C16H13NO3/c1-19-16-8-12(10-18)6-7-15(16)20-11-14-5-3-2-4-13(14)9-17/h2-8,10H,11H2,1H3. The average molecular weight is 267 g/mol. The van der Waals surface area contributed by atoms with E-state index in [1.165, 1.54) is 7.11 Å². The summed E-state index contributed by atoms with van der Waals surface area (Å²) in [6, 6.07) is 14.3. The molecule has 2 rings (SSSR count). The molecule has 0 amide bonds. The van der Waals surface area contributed by atoms with Crippen LogP contribution < -0.4 is 9.47 Å². The Morgan fingerprint density at radius 1 is 1.20 bits per heavy atom. The van der Waals surface area contributed by atoms with E-state index in [1.807, 2.05) is 18.2 Å². The van der Waals surface area contributed by atoms with Crippen LogP contribution in [-0.4, -0.2) is 13.4 Å². The zero-order valence-corrected chi connectivity index (χ0v) is 11.0. The third kappa shape index (κ3) is 2.96. The number of hydrogen-bond donors (Lipinski definition) is 0. The second-order valence-electron chi connectivity index (χ2n) is 4.09. The SMILES string of the molecule is COc1cc(C=O)ccc1OCc1ccccc1C#N. The summed E-state index contributed by atoms with van der Waals surface area (Å²) < 4.78 is 10.8. The van der Waals surface area contributed by atoms with Crippen LogP contribution in [-0.2, 0) is 6.61 Å². The average Bonchev–Trinajstić information content (AvgIpc) is 2.52. The number of carbonyl (C=O) groups excluding carboxylic acids is 1. The minimum atomic E-state index is 0.264. The Hall–Kier alpha value is -2.80. The lowest BCUT2D eigenvalue weighted by molar-refractivity contribution is 0.112. The molecule has 0 atom stereocenters. The van der Waals surface area contributed by atoms with E-state index < -0.39 is 0 Å². The molecule has 0 N–H and O–H groups in total. The molecule has 0 bridgehead atoms. The summed E-state index contributed by atoms with van der Waals surface area (Å²) >= 11 is 0. The normalized spacial score (nSPS) is 9.60. The molecule has 2 aromatic rings. The maximum Gasteiger partial charge on any atom is 0.161 e. The second-order valence-corrected chi connectivity index (χ2v) is 4.09. The third-order valence-electron chi connectivity index (χ3n) is 2.84. The maximum atomic E-state index is 10.7. The van der Waals surface area contributed by atoms with Gasteiger partial charge in [0.15, 0.2) is 11.5 Å². The van der Waals surface area contributed by atoms with Crippen LogP contribution in [0.25, 0.3) is 0 Å². The number of carbonyl (C=O) groups is 1. The van der Waals surface area contributed by atoms with Crippen molar-refractivity contribution in [2.45, 2.75) is 6.61 Å². The molecule has 0 aliphatic rings. The van der Waals surface area contributed by atoms with E-state index in [4.69, 9.17) is 14.7 Å². The fourth-order valence-corrected chi connectivity index (χ4v) is 1.79. The summed E-state index contributed by atoms with van der Waals surface area (Å²) in [7, 11) is 1.51. The summed E-state index contributed by atoms with van der Waals surface area (Å²) in [5.74, 6) is 1.02. The largest absolute Gasteiger partial charge is 0.493 e. The number of methoxy groups -OCH3 is 1. The van der Waals surface area contributed by atoms with Crippen molar-refractivity contribution in [2.75, 3.05) is 7.11 Å².